The minimum absolute atomic E-state index is 0.103. The van der Waals surface area contributed by atoms with Gasteiger partial charge >= 0.3 is 0 Å². The summed E-state index contributed by atoms with van der Waals surface area (Å²) in [5.41, 5.74) is 3.13. The summed E-state index contributed by atoms with van der Waals surface area (Å²) in [6, 6.07) is 7.84. The van der Waals surface area contributed by atoms with Gasteiger partial charge in [-0.05, 0) is 66.5 Å². The van der Waals surface area contributed by atoms with E-state index in [1.807, 2.05) is 32.0 Å². The third-order valence-electron chi connectivity index (χ3n) is 4.90. The van der Waals surface area contributed by atoms with Gasteiger partial charge in [-0.1, -0.05) is 47.6 Å². The molecule has 0 aliphatic carbocycles. The molecule has 3 nitrogen and oxygen atoms in total. The van der Waals surface area contributed by atoms with Crippen molar-refractivity contribution in [1.82, 2.24) is 4.98 Å². The molecule has 2 N–H and O–H groups in total. The fourth-order valence-electron chi connectivity index (χ4n) is 3.24. The number of pyridine rings is 1. The van der Waals surface area contributed by atoms with E-state index in [-0.39, 0.29) is 16.6 Å². The Morgan fingerprint density at radius 3 is 1.77 bits per heavy atom. The fraction of sp³-hybridized carbons (Fsp3) is 0.522. The van der Waals surface area contributed by atoms with Gasteiger partial charge in [-0.2, -0.15) is 0 Å². The van der Waals surface area contributed by atoms with E-state index in [4.69, 9.17) is 0 Å². The maximum absolute atomic E-state index is 11.4. The Balaban J connectivity index is 2.82. The first-order valence-corrected chi connectivity index (χ1v) is 9.20. The van der Waals surface area contributed by atoms with Gasteiger partial charge in [0.05, 0.1) is 5.69 Å². The monoisotopic (exact) mass is 355 g/mol. The van der Waals surface area contributed by atoms with Gasteiger partial charge in [0, 0.05) is 11.3 Å². The number of phenols is 1. The third-order valence-corrected chi connectivity index (χ3v) is 4.90. The molecule has 0 radical (unpaired) electrons. The molecule has 0 amide bonds. The summed E-state index contributed by atoms with van der Waals surface area (Å²) in [5, 5.41) is 22.5. The normalized spacial score (nSPS) is 15.0. The summed E-state index contributed by atoms with van der Waals surface area (Å²) in [5.74, 6) is 0.149. The first kappa shape index (κ1) is 20.4. The highest BCUT2D eigenvalue weighted by Crippen LogP contribution is 2.43. The van der Waals surface area contributed by atoms with Gasteiger partial charge in [0.2, 0.25) is 0 Å². The molecule has 2 aromatic rings. The Morgan fingerprint density at radius 2 is 1.31 bits per heavy atom. The molecule has 26 heavy (non-hydrogen) atoms. The smallest absolute Gasteiger partial charge is 0.132 e. The molecule has 1 unspecified atom stereocenters. The Kier molecular flexibility index (Phi) is 5.02. The number of hydrogen-bond donors (Lipinski definition) is 2. The molecule has 142 valence electrons. The highest BCUT2D eigenvalue weighted by atomic mass is 16.3. The summed E-state index contributed by atoms with van der Waals surface area (Å²) < 4.78 is 0. The average molecular weight is 356 g/mol. The summed E-state index contributed by atoms with van der Waals surface area (Å²) >= 11 is 0. The molecule has 2 rings (SSSR count). The van der Waals surface area contributed by atoms with E-state index in [1.165, 1.54) is 0 Å². The van der Waals surface area contributed by atoms with E-state index >= 15 is 0 Å². The second-order valence-electron chi connectivity index (χ2n) is 9.66. The first-order valence-electron chi connectivity index (χ1n) is 9.20. The zero-order valence-corrected chi connectivity index (χ0v) is 17.7. The lowest BCUT2D eigenvalue weighted by Crippen LogP contribution is -2.27. The van der Waals surface area contributed by atoms with Gasteiger partial charge < -0.3 is 10.2 Å². The molecule has 0 spiro atoms. The van der Waals surface area contributed by atoms with Crippen LogP contribution in [0.2, 0.25) is 0 Å². The maximum Gasteiger partial charge on any atom is 0.132 e. The van der Waals surface area contributed by atoms with E-state index in [0.717, 1.165) is 22.4 Å². The molecule has 0 bridgehead atoms. The molecule has 0 saturated carbocycles. The quantitative estimate of drug-likeness (QED) is 0.773. The van der Waals surface area contributed by atoms with Crippen LogP contribution >= 0.6 is 0 Å². The minimum atomic E-state index is -1.39. The topological polar surface area (TPSA) is 53.4 Å². The Morgan fingerprint density at radius 1 is 0.769 bits per heavy atom. The number of benzene rings is 1. The number of aromatic hydroxyl groups is 1. The van der Waals surface area contributed by atoms with Crippen LogP contribution in [0.5, 0.6) is 5.75 Å². The van der Waals surface area contributed by atoms with Crippen molar-refractivity contribution < 1.29 is 10.2 Å². The van der Waals surface area contributed by atoms with E-state index in [2.05, 4.69) is 52.6 Å². The van der Waals surface area contributed by atoms with E-state index in [9.17, 15) is 10.2 Å². The van der Waals surface area contributed by atoms with Gasteiger partial charge in [-0.25, -0.2) is 0 Å². The van der Waals surface area contributed by atoms with Crippen LogP contribution in [0.15, 0.2) is 24.3 Å². The van der Waals surface area contributed by atoms with Crippen molar-refractivity contribution in [3.63, 3.8) is 0 Å². The largest absolute Gasteiger partial charge is 0.507 e. The van der Waals surface area contributed by atoms with E-state index in [0.29, 0.717) is 11.3 Å². The van der Waals surface area contributed by atoms with Gasteiger partial charge in [0.25, 0.3) is 0 Å². The fourth-order valence-corrected chi connectivity index (χ4v) is 3.24. The number of hydrogen-bond acceptors (Lipinski definition) is 3. The van der Waals surface area contributed by atoms with Crippen molar-refractivity contribution in [3.8, 4) is 5.75 Å². The molecule has 1 aromatic carbocycles. The van der Waals surface area contributed by atoms with Crippen LogP contribution < -0.4 is 0 Å². The molecule has 0 aliphatic rings. The third kappa shape index (κ3) is 3.93. The molecule has 0 saturated heterocycles. The van der Waals surface area contributed by atoms with Crippen LogP contribution in [0, 0.1) is 13.8 Å². The number of aromatic nitrogens is 1. The van der Waals surface area contributed by atoms with Crippen molar-refractivity contribution in [2.24, 2.45) is 0 Å². The highest BCUT2D eigenvalue weighted by molar-refractivity contribution is 5.53. The Hall–Kier alpha value is -1.87. The molecule has 1 aromatic heterocycles. The predicted octanol–water partition coefficient (Wildman–Crippen LogP) is 5.25. The van der Waals surface area contributed by atoms with Crippen molar-refractivity contribution >= 4 is 0 Å². The van der Waals surface area contributed by atoms with Crippen LogP contribution in [0.1, 0.15) is 82.1 Å². The zero-order chi connectivity index (χ0) is 20.1. The molecule has 0 aliphatic heterocycles. The molecule has 3 heteroatoms. The van der Waals surface area contributed by atoms with Crippen LogP contribution in [-0.4, -0.2) is 15.2 Å². The Labute approximate surface area is 158 Å². The predicted molar refractivity (Wildman–Crippen MR) is 108 cm³/mol. The number of nitrogens with zero attached hydrogens (tertiary/aromatic N) is 1. The first-order chi connectivity index (χ1) is 11.6. The molecular weight excluding hydrogens is 322 g/mol. The van der Waals surface area contributed by atoms with Crippen molar-refractivity contribution in [2.75, 3.05) is 0 Å². The van der Waals surface area contributed by atoms with Gasteiger partial charge in [0.15, 0.2) is 0 Å². The van der Waals surface area contributed by atoms with Crippen LogP contribution in [0.25, 0.3) is 0 Å². The molecular formula is C23H33NO2. The van der Waals surface area contributed by atoms with Crippen molar-refractivity contribution in [2.45, 2.75) is 78.7 Å². The van der Waals surface area contributed by atoms with Gasteiger partial charge in [0.1, 0.15) is 11.4 Å². The van der Waals surface area contributed by atoms with Gasteiger partial charge in [-0.15, -0.1) is 0 Å². The second kappa shape index (κ2) is 6.38. The lowest BCUT2D eigenvalue weighted by Gasteiger charge is -2.32. The second-order valence-corrected chi connectivity index (χ2v) is 9.66. The summed E-state index contributed by atoms with van der Waals surface area (Å²) in [6.07, 6.45) is 0. The van der Waals surface area contributed by atoms with E-state index in [1.54, 1.807) is 6.92 Å². The summed E-state index contributed by atoms with van der Waals surface area (Å²) in [7, 11) is 0. The summed E-state index contributed by atoms with van der Waals surface area (Å²) in [6.45, 7) is 18.2. The van der Waals surface area contributed by atoms with Crippen LogP contribution in [0.3, 0.4) is 0 Å². The van der Waals surface area contributed by atoms with Crippen molar-refractivity contribution in [1.29, 1.82) is 0 Å². The van der Waals surface area contributed by atoms with E-state index < -0.39 is 5.60 Å². The van der Waals surface area contributed by atoms with Crippen LogP contribution in [-0.2, 0) is 16.4 Å². The maximum atomic E-state index is 11.4. The molecule has 1 atom stereocenters. The number of rotatable bonds is 2. The number of phenolic OH excluding ortho intramolecular Hbond substituents is 1. The average Bonchev–Trinajstić information content (AvgIpc) is 2.43. The van der Waals surface area contributed by atoms with Crippen LogP contribution in [0.4, 0.5) is 0 Å². The Bertz CT molecular complexity index is 801. The highest BCUT2D eigenvalue weighted by Gasteiger charge is 2.35. The molecule has 0 fully saturated rings. The standard InChI is InChI=1S/C23H33NO2/c1-14-10-15(2)24-19(11-14)23(9,26)18-13-16(21(3,4)5)12-17(20(18)25)22(6,7)8/h10-13,25-26H,1-9H3. The SMILES string of the molecule is Cc1cc(C)nc(C(C)(O)c2cc(C(C)(C)C)cc(C(C)(C)C)c2O)c1. The number of aryl methyl sites for hydroxylation is 2. The minimum Gasteiger partial charge on any atom is -0.507 e. The lowest BCUT2D eigenvalue weighted by atomic mass is 9.76. The molecule has 1 heterocycles. The zero-order valence-electron chi connectivity index (χ0n) is 17.7. The summed E-state index contributed by atoms with van der Waals surface area (Å²) in [4.78, 5) is 4.55. The van der Waals surface area contributed by atoms with Gasteiger partial charge in [-0.3, -0.25) is 4.98 Å². The number of aliphatic hydroxyl groups is 1. The van der Waals surface area contributed by atoms with Crippen molar-refractivity contribution in [3.05, 3.63) is 57.9 Å². The lowest BCUT2D eigenvalue weighted by molar-refractivity contribution is 0.0937.